The van der Waals surface area contributed by atoms with Gasteiger partial charge in [0, 0.05) is 0 Å². The minimum atomic E-state index is -3.85. The lowest BCUT2D eigenvalue weighted by Crippen LogP contribution is -2.42. The van der Waals surface area contributed by atoms with Gasteiger partial charge in [-0.25, -0.2) is 8.42 Å². The van der Waals surface area contributed by atoms with Gasteiger partial charge >= 0.3 is 5.97 Å². The van der Waals surface area contributed by atoms with E-state index in [1.807, 2.05) is 6.07 Å². The topological polar surface area (TPSA) is 107 Å². The van der Waals surface area contributed by atoms with Gasteiger partial charge in [-0.3, -0.25) is 4.79 Å². The molecule has 1 aromatic rings. The third-order valence-corrected chi connectivity index (χ3v) is 5.46. The molecule has 2 N–H and O–H groups in total. The smallest absolute Gasteiger partial charge is 0.324 e. The molecular weight excluding hydrogens is 264 g/mol. The summed E-state index contributed by atoms with van der Waals surface area (Å²) in [6.45, 7) is 0. The second-order valence-electron chi connectivity index (χ2n) is 3.72. The summed E-state index contributed by atoms with van der Waals surface area (Å²) in [7, 11) is -3.85. The second-order valence-corrected chi connectivity index (χ2v) is 6.72. The van der Waals surface area contributed by atoms with Crippen molar-refractivity contribution in [1.29, 1.82) is 5.26 Å². The molecular formula is C9H8N2O4S2. The predicted octanol–water partition coefficient (Wildman–Crippen LogP) is 0.515. The normalized spacial score (nSPS) is 17.4. The second kappa shape index (κ2) is 3.80. The summed E-state index contributed by atoms with van der Waals surface area (Å²) in [4.78, 5) is 11.1. The third kappa shape index (κ3) is 2.17. The molecule has 0 unspecified atom stereocenters. The zero-order valence-electron chi connectivity index (χ0n) is 8.50. The highest BCUT2D eigenvalue weighted by molar-refractivity contribution is 7.91. The van der Waals surface area contributed by atoms with E-state index in [0.29, 0.717) is 0 Å². The van der Waals surface area contributed by atoms with Gasteiger partial charge in [0.15, 0.2) is 0 Å². The highest BCUT2D eigenvalue weighted by atomic mass is 32.2. The molecule has 2 rings (SSSR count). The van der Waals surface area contributed by atoms with Gasteiger partial charge in [0.1, 0.15) is 20.7 Å². The fraction of sp³-hybridized carbons (Fsp3) is 0.333. The Labute approximate surface area is 102 Å². The van der Waals surface area contributed by atoms with Crippen LogP contribution in [0.15, 0.2) is 16.3 Å². The maximum Gasteiger partial charge on any atom is 0.324 e. The first-order chi connectivity index (χ1) is 7.89. The zero-order valence-corrected chi connectivity index (χ0v) is 10.1. The van der Waals surface area contributed by atoms with Gasteiger partial charge in [-0.15, -0.1) is 11.3 Å². The van der Waals surface area contributed by atoms with Crippen LogP contribution in [0.3, 0.4) is 0 Å². The summed E-state index contributed by atoms with van der Waals surface area (Å²) in [5.74, 6) is -1.17. The number of carboxylic acids is 1. The number of sulfonamides is 1. The Kier molecular flexibility index (Phi) is 2.69. The number of rotatable bonds is 4. The summed E-state index contributed by atoms with van der Waals surface area (Å²) < 4.78 is 25.8. The number of carbonyl (C=O) groups is 1. The SMILES string of the molecule is N#Cc1ccc(S(=O)(=O)NC2(C(=O)O)CC2)s1. The summed E-state index contributed by atoms with van der Waals surface area (Å²) in [6, 6.07) is 4.51. The third-order valence-electron chi connectivity index (χ3n) is 2.45. The van der Waals surface area contributed by atoms with E-state index in [1.54, 1.807) is 0 Å². The number of nitriles is 1. The lowest BCUT2D eigenvalue weighted by Gasteiger charge is -2.11. The molecule has 0 aromatic carbocycles. The lowest BCUT2D eigenvalue weighted by molar-refractivity contribution is -0.140. The number of carboxylic acid groups (broad SMARTS) is 1. The molecule has 0 spiro atoms. The Morgan fingerprint density at radius 3 is 2.59 bits per heavy atom. The van der Waals surface area contributed by atoms with Crippen LogP contribution in [0.25, 0.3) is 0 Å². The number of nitrogens with one attached hydrogen (secondary N) is 1. The van der Waals surface area contributed by atoms with Crippen molar-refractivity contribution in [3.8, 4) is 6.07 Å². The van der Waals surface area contributed by atoms with Crippen LogP contribution in [0.1, 0.15) is 17.7 Å². The van der Waals surface area contributed by atoms with Crippen LogP contribution in [-0.4, -0.2) is 25.0 Å². The molecule has 1 heterocycles. The molecule has 0 saturated heterocycles. The first kappa shape index (κ1) is 12.0. The molecule has 1 aliphatic rings. The average Bonchev–Trinajstić information content (AvgIpc) is 2.86. The molecule has 1 saturated carbocycles. The molecule has 0 amide bonds. The minimum Gasteiger partial charge on any atom is -0.480 e. The summed E-state index contributed by atoms with van der Waals surface area (Å²) >= 11 is 0.815. The molecule has 17 heavy (non-hydrogen) atoms. The van der Waals surface area contributed by atoms with Crippen LogP contribution < -0.4 is 4.72 Å². The van der Waals surface area contributed by atoms with Gasteiger partial charge in [-0.05, 0) is 25.0 Å². The number of aliphatic carboxylic acids is 1. The van der Waals surface area contributed by atoms with Crippen molar-refractivity contribution in [3.05, 3.63) is 17.0 Å². The van der Waals surface area contributed by atoms with E-state index in [-0.39, 0.29) is 21.9 Å². The van der Waals surface area contributed by atoms with Crippen LogP contribution in [0.2, 0.25) is 0 Å². The van der Waals surface area contributed by atoms with E-state index < -0.39 is 21.5 Å². The van der Waals surface area contributed by atoms with Crippen LogP contribution >= 0.6 is 11.3 Å². The van der Waals surface area contributed by atoms with Gasteiger partial charge in [0.25, 0.3) is 10.0 Å². The molecule has 1 fully saturated rings. The lowest BCUT2D eigenvalue weighted by atomic mass is 10.3. The highest BCUT2D eigenvalue weighted by Gasteiger charge is 2.53. The fourth-order valence-electron chi connectivity index (χ4n) is 1.32. The maximum absolute atomic E-state index is 11.8. The van der Waals surface area contributed by atoms with E-state index in [0.717, 1.165) is 11.3 Å². The quantitative estimate of drug-likeness (QED) is 0.830. The van der Waals surface area contributed by atoms with Crippen LogP contribution in [0, 0.1) is 11.3 Å². The maximum atomic E-state index is 11.8. The summed E-state index contributed by atoms with van der Waals surface area (Å²) in [5, 5.41) is 17.5. The van der Waals surface area contributed by atoms with E-state index >= 15 is 0 Å². The van der Waals surface area contributed by atoms with E-state index in [9.17, 15) is 13.2 Å². The largest absolute Gasteiger partial charge is 0.480 e. The average molecular weight is 272 g/mol. The Balaban J connectivity index is 2.26. The van der Waals surface area contributed by atoms with Crippen molar-refractivity contribution >= 4 is 27.3 Å². The Hall–Kier alpha value is -1.43. The van der Waals surface area contributed by atoms with Crippen molar-refractivity contribution in [2.24, 2.45) is 0 Å². The molecule has 1 aliphatic carbocycles. The monoisotopic (exact) mass is 272 g/mol. The van der Waals surface area contributed by atoms with E-state index in [4.69, 9.17) is 10.4 Å². The van der Waals surface area contributed by atoms with E-state index in [2.05, 4.69) is 4.72 Å². The van der Waals surface area contributed by atoms with E-state index in [1.165, 1.54) is 12.1 Å². The number of nitrogens with zero attached hydrogens (tertiary/aromatic N) is 1. The highest BCUT2D eigenvalue weighted by Crippen LogP contribution is 2.37. The number of hydrogen-bond acceptors (Lipinski definition) is 5. The molecule has 0 aliphatic heterocycles. The predicted molar refractivity (Wildman–Crippen MR) is 59.0 cm³/mol. The van der Waals surface area contributed by atoms with Crippen molar-refractivity contribution in [1.82, 2.24) is 4.72 Å². The van der Waals surface area contributed by atoms with Gasteiger partial charge in [-0.1, -0.05) is 0 Å². The molecule has 1 aromatic heterocycles. The van der Waals surface area contributed by atoms with Crippen LogP contribution in [-0.2, 0) is 14.8 Å². The number of thiophene rings is 1. The van der Waals surface area contributed by atoms with Gasteiger partial charge < -0.3 is 5.11 Å². The van der Waals surface area contributed by atoms with Crippen molar-refractivity contribution in [2.75, 3.05) is 0 Å². The van der Waals surface area contributed by atoms with Gasteiger partial charge in [0.05, 0.1) is 0 Å². The van der Waals surface area contributed by atoms with Crippen molar-refractivity contribution < 1.29 is 18.3 Å². The molecule has 0 atom stereocenters. The molecule has 8 heteroatoms. The molecule has 6 nitrogen and oxygen atoms in total. The summed E-state index contributed by atoms with van der Waals surface area (Å²) in [5.41, 5.74) is -1.35. The van der Waals surface area contributed by atoms with Crippen molar-refractivity contribution in [3.63, 3.8) is 0 Å². The Bertz CT molecular complexity index is 607. The number of hydrogen-bond donors (Lipinski definition) is 2. The van der Waals surface area contributed by atoms with Crippen LogP contribution in [0.4, 0.5) is 0 Å². The van der Waals surface area contributed by atoms with Gasteiger partial charge in [0.2, 0.25) is 0 Å². The van der Waals surface area contributed by atoms with Gasteiger partial charge in [-0.2, -0.15) is 9.98 Å². The Morgan fingerprint density at radius 2 is 2.18 bits per heavy atom. The molecule has 90 valence electrons. The van der Waals surface area contributed by atoms with Crippen molar-refractivity contribution in [2.45, 2.75) is 22.6 Å². The standard InChI is InChI=1S/C9H8N2O4S2/c10-5-6-1-2-7(16-6)17(14,15)11-9(3-4-9)8(12)13/h1-2,11H,3-4H2,(H,12,13). The first-order valence-corrected chi connectivity index (χ1v) is 6.97. The van der Waals surface area contributed by atoms with Crippen LogP contribution in [0.5, 0.6) is 0 Å². The Morgan fingerprint density at radius 1 is 1.53 bits per heavy atom. The molecule has 0 radical (unpaired) electrons. The zero-order chi connectivity index (χ0) is 12.7. The first-order valence-electron chi connectivity index (χ1n) is 4.67. The fourth-order valence-corrected chi connectivity index (χ4v) is 3.84. The summed E-state index contributed by atoms with van der Waals surface area (Å²) in [6.07, 6.45) is 0.579. The minimum absolute atomic E-state index is 0.0402. The molecule has 0 bridgehead atoms.